The molecule has 0 fully saturated rings. The molecule has 0 aliphatic rings. The molecule has 1 aromatic rings. The number of nitrogens with zero attached hydrogens (tertiary/aromatic N) is 1. The van der Waals surface area contributed by atoms with Gasteiger partial charge in [0.2, 0.25) is 0 Å². The maximum Gasteiger partial charge on any atom is 0.0784 e. The molecule has 0 saturated carbocycles. The number of nitrogens with one attached hydrogen (secondary N) is 1. The maximum absolute atomic E-state index is 10.2. The van der Waals surface area contributed by atoms with E-state index >= 15 is 0 Å². The molecule has 0 aliphatic heterocycles. The van der Waals surface area contributed by atoms with Crippen LogP contribution in [0.4, 0.5) is 0 Å². The zero-order chi connectivity index (χ0) is 12.7. The third kappa shape index (κ3) is 5.46. The molecule has 1 aromatic heterocycles. The summed E-state index contributed by atoms with van der Waals surface area (Å²) in [5.74, 6) is 0. The first-order valence-corrected chi connectivity index (χ1v) is 5.93. The summed E-state index contributed by atoms with van der Waals surface area (Å²) in [5, 5.41) is 13.9. The lowest BCUT2D eigenvalue weighted by Crippen LogP contribution is -2.40. The van der Waals surface area contributed by atoms with Crippen molar-refractivity contribution in [3.8, 4) is 0 Å². The van der Waals surface area contributed by atoms with Crippen LogP contribution in [0.5, 0.6) is 0 Å². The average Bonchev–Trinajstić information content (AvgIpc) is 2.28. The monoisotopic (exact) mass is 258 g/mol. The van der Waals surface area contributed by atoms with Crippen molar-refractivity contribution in [2.45, 2.75) is 18.9 Å². The van der Waals surface area contributed by atoms with Crippen molar-refractivity contribution in [1.29, 1.82) is 0 Å². The summed E-state index contributed by atoms with van der Waals surface area (Å²) in [6.07, 6.45) is 3.76. The fraction of sp³-hybridized carbons (Fsp3) is 0.583. The molecule has 0 aromatic carbocycles. The highest BCUT2D eigenvalue weighted by Crippen LogP contribution is 2.19. The minimum atomic E-state index is -0.835. The number of halogens is 1. The fourth-order valence-electron chi connectivity index (χ4n) is 1.55. The quantitative estimate of drug-likeness (QED) is 0.723. The Bertz CT molecular complexity index is 345. The van der Waals surface area contributed by atoms with Crippen LogP contribution in [0.15, 0.2) is 18.5 Å². The molecule has 1 rings (SSSR count). The first-order chi connectivity index (χ1) is 8.05. The molecule has 0 aliphatic carbocycles. The van der Waals surface area contributed by atoms with Gasteiger partial charge in [0, 0.05) is 39.0 Å². The van der Waals surface area contributed by atoms with E-state index in [0.29, 0.717) is 24.6 Å². The molecular weight excluding hydrogens is 240 g/mol. The number of aromatic nitrogens is 1. The number of rotatable bonds is 7. The lowest BCUT2D eigenvalue weighted by Gasteiger charge is -2.24. The lowest BCUT2D eigenvalue weighted by molar-refractivity contribution is 0.0581. The van der Waals surface area contributed by atoms with Gasteiger partial charge in [-0.25, -0.2) is 0 Å². The Morgan fingerprint density at radius 1 is 1.59 bits per heavy atom. The number of ether oxygens (including phenoxy) is 1. The van der Waals surface area contributed by atoms with Gasteiger partial charge in [0.15, 0.2) is 0 Å². The third-order valence-corrected chi connectivity index (χ3v) is 2.76. The largest absolute Gasteiger partial charge is 0.389 e. The van der Waals surface area contributed by atoms with E-state index in [0.717, 1.165) is 12.1 Å². The minimum absolute atomic E-state index is 0.494. The lowest BCUT2D eigenvalue weighted by atomic mass is 9.97. The Morgan fingerprint density at radius 3 is 3.00 bits per heavy atom. The summed E-state index contributed by atoms with van der Waals surface area (Å²) in [4.78, 5) is 3.92. The van der Waals surface area contributed by atoms with Gasteiger partial charge in [0.1, 0.15) is 0 Å². The van der Waals surface area contributed by atoms with Crippen LogP contribution in [0.1, 0.15) is 12.5 Å². The number of pyridine rings is 1. The molecular formula is C12H19ClN2O2. The zero-order valence-corrected chi connectivity index (χ0v) is 11.0. The van der Waals surface area contributed by atoms with Gasteiger partial charge < -0.3 is 15.2 Å². The van der Waals surface area contributed by atoms with Gasteiger partial charge in [0.25, 0.3) is 0 Å². The summed E-state index contributed by atoms with van der Waals surface area (Å²) in [6, 6.07) is 1.83. The molecule has 0 bridgehead atoms. The second-order valence-corrected chi connectivity index (χ2v) is 4.72. The van der Waals surface area contributed by atoms with E-state index in [2.05, 4.69) is 10.3 Å². The molecule has 1 unspecified atom stereocenters. The van der Waals surface area contributed by atoms with Crippen LogP contribution in [0.2, 0.25) is 5.02 Å². The van der Waals surface area contributed by atoms with E-state index in [1.54, 1.807) is 26.4 Å². The predicted octanol–water partition coefficient (Wildman–Crippen LogP) is 1.26. The molecule has 1 heterocycles. The molecule has 0 radical (unpaired) electrons. The van der Waals surface area contributed by atoms with Gasteiger partial charge in [-0.1, -0.05) is 11.6 Å². The van der Waals surface area contributed by atoms with Gasteiger partial charge in [0.05, 0.1) is 17.2 Å². The average molecular weight is 259 g/mol. The second kappa shape index (κ2) is 6.91. The number of hydrogen-bond donors (Lipinski definition) is 2. The molecule has 17 heavy (non-hydrogen) atoms. The van der Waals surface area contributed by atoms with Crippen LogP contribution >= 0.6 is 11.6 Å². The summed E-state index contributed by atoms with van der Waals surface area (Å²) in [6.45, 7) is 3.63. The van der Waals surface area contributed by atoms with E-state index in [-0.39, 0.29) is 0 Å². The van der Waals surface area contributed by atoms with Crippen molar-refractivity contribution in [2.24, 2.45) is 0 Å². The van der Waals surface area contributed by atoms with Crippen molar-refractivity contribution in [1.82, 2.24) is 10.3 Å². The Hall–Kier alpha value is -0.680. The van der Waals surface area contributed by atoms with Crippen molar-refractivity contribution in [2.75, 3.05) is 26.8 Å². The number of hydrogen-bond acceptors (Lipinski definition) is 4. The molecule has 5 heteroatoms. The second-order valence-electron chi connectivity index (χ2n) is 4.31. The fourth-order valence-corrected chi connectivity index (χ4v) is 1.74. The Kier molecular flexibility index (Phi) is 5.85. The van der Waals surface area contributed by atoms with Gasteiger partial charge in [-0.15, -0.1) is 0 Å². The summed E-state index contributed by atoms with van der Waals surface area (Å²) >= 11 is 6.00. The predicted molar refractivity (Wildman–Crippen MR) is 68.3 cm³/mol. The number of aliphatic hydroxyl groups is 1. The maximum atomic E-state index is 10.2. The molecule has 1 atom stereocenters. The Labute approximate surface area is 107 Å². The molecule has 0 amide bonds. The summed E-state index contributed by atoms with van der Waals surface area (Å²) < 4.78 is 4.92. The van der Waals surface area contributed by atoms with Crippen molar-refractivity contribution in [3.63, 3.8) is 0 Å². The third-order valence-electron chi connectivity index (χ3n) is 2.42. The van der Waals surface area contributed by atoms with E-state index in [4.69, 9.17) is 16.3 Å². The van der Waals surface area contributed by atoms with Crippen LogP contribution in [0, 0.1) is 0 Å². The summed E-state index contributed by atoms with van der Waals surface area (Å²) in [5.41, 5.74) is 0.0684. The zero-order valence-electron chi connectivity index (χ0n) is 10.2. The number of methoxy groups -OCH3 is 1. The first kappa shape index (κ1) is 14.4. The molecule has 96 valence electrons. The highest BCUT2D eigenvalue weighted by molar-refractivity contribution is 6.31. The SMILES string of the molecule is COCCNCC(C)(O)Cc1ccncc1Cl. The highest BCUT2D eigenvalue weighted by Gasteiger charge is 2.21. The van der Waals surface area contributed by atoms with Gasteiger partial charge in [-0.05, 0) is 18.6 Å². The van der Waals surface area contributed by atoms with Crippen molar-refractivity contribution in [3.05, 3.63) is 29.0 Å². The molecule has 2 N–H and O–H groups in total. The molecule has 0 spiro atoms. The Balaban J connectivity index is 2.46. The molecule has 4 nitrogen and oxygen atoms in total. The standard InChI is InChI=1S/C12H19ClN2O2/c1-12(16,9-15-5-6-17-2)7-10-3-4-14-8-11(10)13/h3-4,8,15-16H,5-7,9H2,1-2H3. The van der Waals surface area contributed by atoms with Gasteiger partial charge in [-0.2, -0.15) is 0 Å². The van der Waals surface area contributed by atoms with Crippen LogP contribution in [0.3, 0.4) is 0 Å². The van der Waals surface area contributed by atoms with E-state index in [1.165, 1.54) is 0 Å². The highest BCUT2D eigenvalue weighted by atomic mass is 35.5. The normalized spacial score (nSPS) is 14.6. The summed E-state index contributed by atoms with van der Waals surface area (Å²) in [7, 11) is 1.65. The van der Waals surface area contributed by atoms with Crippen LogP contribution in [-0.4, -0.2) is 42.5 Å². The smallest absolute Gasteiger partial charge is 0.0784 e. The van der Waals surface area contributed by atoms with Crippen LogP contribution in [0.25, 0.3) is 0 Å². The van der Waals surface area contributed by atoms with Gasteiger partial charge >= 0.3 is 0 Å². The first-order valence-electron chi connectivity index (χ1n) is 5.55. The topological polar surface area (TPSA) is 54.4 Å². The van der Waals surface area contributed by atoms with Crippen molar-refractivity contribution < 1.29 is 9.84 Å². The Morgan fingerprint density at radius 2 is 2.35 bits per heavy atom. The molecule has 0 saturated heterocycles. The van der Waals surface area contributed by atoms with E-state index in [1.807, 2.05) is 6.07 Å². The van der Waals surface area contributed by atoms with E-state index < -0.39 is 5.60 Å². The van der Waals surface area contributed by atoms with Crippen LogP contribution < -0.4 is 5.32 Å². The van der Waals surface area contributed by atoms with E-state index in [9.17, 15) is 5.11 Å². The minimum Gasteiger partial charge on any atom is -0.389 e. The van der Waals surface area contributed by atoms with Crippen LogP contribution in [-0.2, 0) is 11.2 Å². The van der Waals surface area contributed by atoms with Gasteiger partial charge in [-0.3, -0.25) is 4.98 Å². The van der Waals surface area contributed by atoms with Crippen molar-refractivity contribution >= 4 is 11.6 Å².